The largest absolute Gasteiger partial charge is 0.418 e. The number of alkyl halides is 3. The van der Waals surface area contributed by atoms with Crippen molar-refractivity contribution in [1.29, 1.82) is 0 Å². The van der Waals surface area contributed by atoms with Crippen LogP contribution < -0.4 is 16.0 Å². The predicted octanol–water partition coefficient (Wildman–Crippen LogP) is 3.75. The Labute approximate surface area is 223 Å². The molecule has 3 heterocycles. The molecule has 0 saturated carbocycles. The number of hydrogen-bond donors (Lipinski definition) is 2. The number of nitrogens with one attached hydrogen (secondary N) is 1. The van der Waals surface area contributed by atoms with Crippen molar-refractivity contribution in [1.82, 2.24) is 24.8 Å². The first-order valence-corrected chi connectivity index (χ1v) is 12.3. The van der Waals surface area contributed by atoms with Crippen molar-refractivity contribution in [2.45, 2.75) is 6.18 Å². The highest BCUT2D eigenvalue weighted by Crippen LogP contribution is 2.41. The fourth-order valence-corrected chi connectivity index (χ4v) is 4.46. The molecule has 1 saturated heterocycles. The monoisotopic (exact) mass is 548 g/mol. The van der Waals surface area contributed by atoms with Crippen LogP contribution in [-0.4, -0.2) is 84.0 Å². The SMILES string of the molecule is C=CC(=O)N1CCN(c2nc(NCCN(C)C)nc3cc(-c4nc(N)ccc4C(F)(F)F)c(Cl)cc23)CC1. The summed E-state index contributed by atoms with van der Waals surface area (Å²) in [5.74, 6) is 0.679. The zero-order chi connectivity index (χ0) is 27.6. The fraction of sp³-hybridized carbons (Fsp3) is 0.360. The Balaban J connectivity index is 1.82. The van der Waals surface area contributed by atoms with Crippen molar-refractivity contribution in [3.8, 4) is 11.3 Å². The average Bonchev–Trinajstić information content (AvgIpc) is 2.86. The number of nitrogens with zero attached hydrogens (tertiary/aromatic N) is 6. The third kappa shape index (κ3) is 5.91. The van der Waals surface area contributed by atoms with Crippen LogP contribution in [0.1, 0.15) is 5.56 Å². The number of benzene rings is 1. The molecule has 1 fully saturated rings. The minimum atomic E-state index is -4.66. The average molecular weight is 549 g/mol. The smallest absolute Gasteiger partial charge is 0.384 e. The molecule has 0 radical (unpaired) electrons. The number of carbonyl (C=O) groups is 1. The van der Waals surface area contributed by atoms with Crippen LogP contribution in [0, 0.1) is 0 Å². The molecule has 202 valence electrons. The number of likely N-dealkylation sites (N-methyl/N-ethyl adjacent to an activating group) is 1. The van der Waals surface area contributed by atoms with Gasteiger partial charge in [0, 0.05) is 50.2 Å². The van der Waals surface area contributed by atoms with E-state index in [9.17, 15) is 18.0 Å². The molecule has 0 spiro atoms. The normalized spacial score (nSPS) is 14.3. The van der Waals surface area contributed by atoms with E-state index in [0.29, 0.717) is 61.9 Å². The summed E-state index contributed by atoms with van der Waals surface area (Å²) in [5, 5.41) is 3.81. The van der Waals surface area contributed by atoms with Gasteiger partial charge in [-0.15, -0.1) is 0 Å². The van der Waals surface area contributed by atoms with E-state index >= 15 is 0 Å². The van der Waals surface area contributed by atoms with Crippen LogP contribution in [0.25, 0.3) is 22.2 Å². The van der Waals surface area contributed by atoms with Gasteiger partial charge in [0.1, 0.15) is 11.6 Å². The minimum absolute atomic E-state index is 0.0553. The summed E-state index contributed by atoms with van der Waals surface area (Å²) in [5.41, 5.74) is 4.87. The maximum absolute atomic E-state index is 13.8. The Hall–Kier alpha value is -3.64. The summed E-state index contributed by atoms with van der Waals surface area (Å²) < 4.78 is 41.4. The molecule has 0 atom stereocenters. The topological polar surface area (TPSA) is 104 Å². The third-order valence-electron chi connectivity index (χ3n) is 6.15. The summed E-state index contributed by atoms with van der Waals surface area (Å²) in [6.07, 6.45) is -3.38. The molecule has 0 aliphatic carbocycles. The van der Waals surface area contributed by atoms with Crippen LogP contribution in [0.15, 0.2) is 36.9 Å². The Morgan fingerprint density at radius 3 is 2.53 bits per heavy atom. The Morgan fingerprint density at radius 2 is 1.89 bits per heavy atom. The number of pyridine rings is 1. The van der Waals surface area contributed by atoms with Gasteiger partial charge in [-0.3, -0.25) is 4.79 Å². The quantitative estimate of drug-likeness (QED) is 0.430. The molecule has 13 heteroatoms. The molecule has 38 heavy (non-hydrogen) atoms. The number of carbonyl (C=O) groups excluding carboxylic acids is 1. The highest BCUT2D eigenvalue weighted by Gasteiger charge is 2.35. The molecule has 2 aromatic heterocycles. The van der Waals surface area contributed by atoms with Crippen LogP contribution >= 0.6 is 11.6 Å². The first-order valence-electron chi connectivity index (χ1n) is 11.9. The van der Waals surface area contributed by atoms with Crippen LogP contribution in [0.2, 0.25) is 5.02 Å². The number of amides is 1. The summed E-state index contributed by atoms with van der Waals surface area (Å²) >= 11 is 6.56. The molecule has 3 N–H and O–H groups in total. The van der Waals surface area contributed by atoms with Crippen LogP contribution in [0.4, 0.5) is 30.8 Å². The second-order valence-corrected chi connectivity index (χ2v) is 9.50. The van der Waals surface area contributed by atoms with Gasteiger partial charge in [0.2, 0.25) is 11.9 Å². The second kappa shape index (κ2) is 11.0. The molecule has 1 aliphatic rings. The summed E-state index contributed by atoms with van der Waals surface area (Å²) in [4.78, 5) is 31.0. The lowest BCUT2D eigenvalue weighted by atomic mass is 10.0. The fourth-order valence-electron chi connectivity index (χ4n) is 4.20. The number of aromatic nitrogens is 3. The van der Waals surface area contributed by atoms with Crippen LogP contribution in [0.5, 0.6) is 0 Å². The lowest BCUT2D eigenvalue weighted by molar-refractivity contribution is -0.137. The molecule has 1 amide bonds. The summed E-state index contributed by atoms with van der Waals surface area (Å²) in [6.45, 7) is 6.73. The first kappa shape index (κ1) is 27.4. The van der Waals surface area contributed by atoms with E-state index in [2.05, 4.69) is 21.9 Å². The van der Waals surface area contributed by atoms with Gasteiger partial charge in [-0.25, -0.2) is 9.97 Å². The molecule has 1 aliphatic heterocycles. The second-order valence-electron chi connectivity index (χ2n) is 9.10. The number of fused-ring (bicyclic) bond motifs is 1. The van der Waals surface area contributed by atoms with Gasteiger partial charge < -0.3 is 25.8 Å². The van der Waals surface area contributed by atoms with Gasteiger partial charge in [0.25, 0.3) is 0 Å². The maximum atomic E-state index is 13.8. The van der Waals surface area contributed by atoms with Gasteiger partial charge >= 0.3 is 6.18 Å². The van der Waals surface area contributed by atoms with Gasteiger partial charge in [0.05, 0.1) is 21.8 Å². The number of hydrogen-bond acceptors (Lipinski definition) is 8. The van der Waals surface area contributed by atoms with E-state index in [4.69, 9.17) is 22.3 Å². The predicted molar refractivity (Wildman–Crippen MR) is 143 cm³/mol. The molecule has 0 bridgehead atoms. The van der Waals surface area contributed by atoms with Gasteiger partial charge in [0.15, 0.2) is 0 Å². The third-order valence-corrected chi connectivity index (χ3v) is 6.46. The number of halogens is 4. The molecule has 9 nitrogen and oxygen atoms in total. The number of anilines is 3. The number of piperazine rings is 1. The lowest BCUT2D eigenvalue weighted by Gasteiger charge is -2.35. The number of nitrogen functional groups attached to an aromatic ring is 1. The van der Waals surface area contributed by atoms with E-state index in [1.54, 1.807) is 11.0 Å². The van der Waals surface area contributed by atoms with Crippen molar-refractivity contribution in [2.75, 3.05) is 69.3 Å². The molecular weight excluding hydrogens is 521 g/mol. The standard InChI is InChI=1S/C25H28ClF3N8O/c1-4-21(38)36-9-11-37(12-10-36)23-16-13-18(26)15(22-17(25(27,28)29)5-6-20(30)33-22)14-19(16)32-24(34-23)31-7-8-35(2)3/h4-6,13-14H,1,7-12H2,2-3H3,(H2,30,33)(H,31,32,34). The number of nitrogens with two attached hydrogens (primary N) is 1. The molecule has 4 rings (SSSR count). The van der Waals surface area contributed by atoms with Crippen LogP contribution in [0.3, 0.4) is 0 Å². The van der Waals surface area contributed by atoms with E-state index < -0.39 is 11.7 Å². The maximum Gasteiger partial charge on any atom is 0.418 e. The zero-order valence-electron chi connectivity index (χ0n) is 21.0. The van der Waals surface area contributed by atoms with Crippen molar-refractivity contribution in [3.63, 3.8) is 0 Å². The van der Waals surface area contributed by atoms with E-state index in [1.165, 1.54) is 12.1 Å². The van der Waals surface area contributed by atoms with Gasteiger partial charge in [-0.2, -0.15) is 18.2 Å². The Morgan fingerprint density at radius 1 is 1.18 bits per heavy atom. The van der Waals surface area contributed by atoms with Crippen LogP contribution in [-0.2, 0) is 11.0 Å². The van der Waals surface area contributed by atoms with Crippen molar-refractivity contribution in [2.24, 2.45) is 0 Å². The number of rotatable bonds is 7. The van der Waals surface area contributed by atoms with Crippen molar-refractivity contribution in [3.05, 3.63) is 47.5 Å². The highest BCUT2D eigenvalue weighted by atomic mass is 35.5. The van der Waals surface area contributed by atoms with Crippen molar-refractivity contribution >= 4 is 46.0 Å². The zero-order valence-corrected chi connectivity index (χ0v) is 21.8. The Kier molecular flexibility index (Phi) is 7.93. The minimum Gasteiger partial charge on any atom is -0.384 e. The molecule has 0 unspecified atom stereocenters. The van der Waals surface area contributed by atoms with E-state index in [1.807, 2.05) is 23.9 Å². The molecule has 3 aromatic rings. The lowest BCUT2D eigenvalue weighted by Crippen LogP contribution is -2.48. The van der Waals surface area contributed by atoms with Crippen molar-refractivity contribution < 1.29 is 18.0 Å². The highest BCUT2D eigenvalue weighted by molar-refractivity contribution is 6.34. The first-order chi connectivity index (χ1) is 18.0. The van der Waals surface area contributed by atoms with E-state index in [-0.39, 0.29) is 28.0 Å². The van der Waals surface area contributed by atoms with Gasteiger partial charge in [-0.05, 0) is 44.4 Å². The molecular formula is C25H28ClF3N8O. The summed E-state index contributed by atoms with van der Waals surface area (Å²) in [6, 6.07) is 5.03. The summed E-state index contributed by atoms with van der Waals surface area (Å²) in [7, 11) is 3.87. The van der Waals surface area contributed by atoms with Gasteiger partial charge in [-0.1, -0.05) is 18.2 Å². The molecule has 1 aromatic carbocycles. The van der Waals surface area contributed by atoms with E-state index in [0.717, 1.165) is 12.1 Å². The Bertz CT molecular complexity index is 1360.